The van der Waals surface area contributed by atoms with Crippen LogP contribution in [-0.4, -0.2) is 39.6 Å². The minimum atomic E-state index is -0.0682. The summed E-state index contributed by atoms with van der Waals surface area (Å²) in [5.74, 6) is -0.0682. The van der Waals surface area contributed by atoms with E-state index in [0.29, 0.717) is 0 Å². The van der Waals surface area contributed by atoms with Crippen LogP contribution in [0.5, 0.6) is 0 Å². The number of carbonyl (C=O) groups is 1. The normalized spacial score (nSPS) is 11.3. The van der Waals surface area contributed by atoms with E-state index in [-0.39, 0.29) is 5.91 Å². The van der Waals surface area contributed by atoms with Crippen molar-refractivity contribution in [2.45, 2.75) is 40.2 Å². The number of anilines is 1. The fourth-order valence-corrected chi connectivity index (χ4v) is 3.36. The van der Waals surface area contributed by atoms with Crippen LogP contribution in [-0.2, 0) is 17.8 Å². The average molecular weight is 365 g/mol. The number of nitrogens with zero attached hydrogens (tertiary/aromatic N) is 3. The van der Waals surface area contributed by atoms with Gasteiger partial charge >= 0.3 is 0 Å². The molecule has 0 aliphatic rings. The fourth-order valence-electron chi connectivity index (χ4n) is 3.36. The summed E-state index contributed by atoms with van der Waals surface area (Å²) in [7, 11) is 2.13. The standard InChI is InChI=1S/C21H27N5O/c1-14-20(15(2)25-24-14)6-5-11-26(4)13-19-8-7-17-12-18(22-16(3)27)9-10-21(17)23-19/h7-10,12H,5-6,11,13H2,1-4H3,(H,22,27)(H,24,25). The number of aromatic amines is 1. The summed E-state index contributed by atoms with van der Waals surface area (Å²) in [6, 6.07) is 9.91. The smallest absolute Gasteiger partial charge is 0.221 e. The maximum absolute atomic E-state index is 11.2. The summed E-state index contributed by atoms with van der Waals surface area (Å²) in [5.41, 5.74) is 6.40. The number of carbonyl (C=O) groups excluding carboxylic acids is 1. The molecule has 0 aliphatic heterocycles. The monoisotopic (exact) mass is 365 g/mol. The molecule has 2 N–H and O–H groups in total. The molecule has 0 fully saturated rings. The third-order valence-electron chi connectivity index (χ3n) is 4.75. The molecular weight excluding hydrogens is 338 g/mol. The summed E-state index contributed by atoms with van der Waals surface area (Å²) >= 11 is 0. The van der Waals surface area contributed by atoms with Gasteiger partial charge in [0, 0.05) is 30.2 Å². The number of H-pyrrole nitrogens is 1. The maximum atomic E-state index is 11.2. The first-order chi connectivity index (χ1) is 12.9. The van der Waals surface area contributed by atoms with Gasteiger partial charge in [-0.3, -0.25) is 14.9 Å². The highest BCUT2D eigenvalue weighted by molar-refractivity contribution is 5.92. The molecule has 0 radical (unpaired) electrons. The molecule has 0 aliphatic carbocycles. The van der Waals surface area contributed by atoms with Crippen LogP contribution in [0.4, 0.5) is 5.69 Å². The van der Waals surface area contributed by atoms with Gasteiger partial charge in [-0.2, -0.15) is 5.10 Å². The Kier molecular flexibility index (Phi) is 5.86. The summed E-state index contributed by atoms with van der Waals surface area (Å²) < 4.78 is 0. The molecule has 0 atom stereocenters. The van der Waals surface area contributed by atoms with E-state index in [9.17, 15) is 4.79 Å². The van der Waals surface area contributed by atoms with E-state index in [0.717, 1.165) is 53.9 Å². The van der Waals surface area contributed by atoms with Gasteiger partial charge < -0.3 is 10.2 Å². The minimum absolute atomic E-state index is 0.0682. The Balaban J connectivity index is 1.58. The first-order valence-electron chi connectivity index (χ1n) is 9.28. The maximum Gasteiger partial charge on any atom is 0.221 e. The Morgan fingerprint density at radius 3 is 2.74 bits per heavy atom. The van der Waals surface area contributed by atoms with Crippen molar-refractivity contribution in [3.63, 3.8) is 0 Å². The van der Waals surface area contributed by atoms with E-state index in [1.54, 1.807) is 0 Å². The van der Waals surface area contributed by atoms with E-state index in [1.165, 1.54) is 18.2 Å². The van der Waals surface area contributed by atoms with Crippen LogP contribution in [0.15, 0.2) is 30.3 Å². The second kappa shape index (κ2) is 8.31. The second-order valence-electron chi connectivity index (χ2n) is 7.15. The van der Waals surface area contributed by atoms with Gasteiger partial charge in [0.2, 0.25) is 5.91 Å². The minimum Gasteiger partial charge on any atom is -0.326 e. The second-order valence-corrected chi connectivity index (χ2v) is 7.15. The van der Waals surface area contributed by atoms with Crippen molar-refractivity contribution in [3.05, 3.63) is 53.0 Å². The van der Waals surface area contributed by atoms with E-state index in [2.05, 4.69) is 53.4 Å². The van der Waals surface area contributed by atoms with E-state index in [4.69, 9.17) is 4.98 Å². The first kappa shape index (κ1) is 19.0. The summed E-state index contributed by atoms with van der Waals surface area (Å²) in [5, 5.41) is 11.1. The van der Waals surface area contributed by atoms with Crippen molar-refractivity contribution in [2.24, 2.45) is 0 Å². The van der Waals surface area contributed by atoms with Gasteiger partial charge in [0.25, 0.3) is 0 Å². The molecule has 0 bridgehead atoms. The Bertz CT molecular complexity index is 927. The van der Waals surface area contributed by atoms with Crippen molar-refractivity contribution in [3.8, 4) is 0 Å². The van der Waals surface area contributed by atoms with Gasteiger partial charge in [0.05, 0.1) is 16.9 Å². The van der Waals surface area contributed by atoms with Gasteiger partial charge in [0.1, 0.15) is 0 Å². The van der Waals surface area contributed by atoms with Gasteiger partial charge in [-0.25, -0.2) is 0 Å². The molecule has 2 aromatic heterocycles. The third kappa shape index (κ3) is 4.92. The zero-order valence-electron chi connectivity index (χ0n) is 16.5. The number of hydrogen-bond acceptors (Lipinski definition) is 4. The van der Waals surface area contributed by atoms with Gasteiger partial charge in [-0.1, -0.05) is 6.07 Å². The lowest BCUT2D eigenvalue weighted by Crippen LogP contribution is -2.20. The van der Waals surface area contributed by atoms with Gasteiger partial charge in [-0.15, -0.1) is 0 Å². The Hall–Kier alpha value is -2.73. The highest BCUT2D eigenvalue weighted by Gasteiger charge is 2.08. The van der Waals surface area contributed by atoms with Gasteiger partial charge in [0.15, 0.2) is 0 Å². The molecule has 3 rings (SSSR count). The molecule has 1 amide bonds. The molecule has 1 aromatic carbocycles. The average Bonchev–Trinajstić information content (AvgIpc) is 2.93. The predicted molar refractivity (Wildman–Crippen MR) is 109 cm³/mol. The molecular formula is C21H27N5O. The highest BCUT2D eigenvalue weighted by Crippen LogP contribution is 2.19. The topological polar surface area (TPSA) is 73.9 Å². The summed E-state index contributed by atoms with van der Waals surface area (Å²) in [6.07, 6.45) is 2.13. The van der Waals surface area contributed by atoms with E-state index >= 15 is 0 Å². The number of nitrogens with one attached hydrogen (secondary N) is 2. The van der Waals surface area contributed by atoms with Crippen molar-refractivity contribution in [2.75, 3.05) is 18.9 Å². The van der Waals surface area contributed by atoms with Crippen molar-refractivity contribution >= 4 is 22.5 Å². The number of benzene rings is 1. The molecule has 27 heavy (non-hydrogen) atoms. The lowest BCUT2D eigenvalue weighted by molar-refractivity contribution is -0.114. The molecule has 6 heteroatoms. The lowest BCUT2D eigenvalue weighted by Gasteiger charge is -2.16. The van der Waals surface area contributed by atoms with Crippen LogP contribution in [0, 0.1) is 13.8 Å². The van der Waals surface area contributed by atoms with E-state index < -0.39 is 0 Å². The number of amides is 1. The molecule has 0 spiro atoms. The van der Waals surface area contributed by atoms with Crippen molar-refractivity contribution < 1.29 is 4.79 Å². The van der Waals surface area contributed by atoms with Crippen molar-refractivity contribution in [1.82, 2.24) is 20.1 Å². The molecule has 0 saturated heterocycles. The first-order valence-corrected chi connectivity index (χ1v) is 9.28. The molecule has 0 saturated carbocycles. The van der Waals surface area contributed by atoms with E-state index in [1.807, 2.05) is 18.2 Å². The Morgan fingerprint density at radius 1 is 1.22 bits per heavy atom. The van der Waals surface area contributed by atoms with Crippen LogP contribution < -0.4 is 5.32 Å². The Labute approximate surface area is 160 Å². The number of rotatable bonds is 7. The predicted octanol–water partition coefficient (Wildman–Crippen LogP) is 3.60. The zero-order valence-corrected chi connectivity index (χ0v) is 16.5. The summed E-state index contributed by atoms with van der Waals surface area (Å²) in [6.45, 7) is 7.46. The third-order valence-corrected chi connectivity index (χ3v) is 4.75. The number of aromatic nitrogens is 3. The molecule has 3 aromatic rings. The van der Waals surface area contributed by atoms with Crippen LogP contribution >= 0.6 is 0 Å². The molecule has 0 unspecified atom stereocenters. The number of fused-ring (bicyclic) bond motifs is 1. The summed E-state index contributed by atoms with van der Waals surface area (Å²) in [4.78, 5) is 18.2. The Morgan fingerprint density at radius 2 is 2.04 bits per heavy atom. The fraction of sp³-hybridized carbons (Fsp3) is 0.381. The van der Waals surface area contributed by atoms with Crippen molar-refractivity contribution in [1.29, 1.82) is 0 Å². The molecule has 6 nitrogen and oxygen atoms in total. The number of aryl methyl sites for hydroxylation is 2. The lowest BCUT2D eigenvalue weighted by atomic mass is 10.1. The van der Waals surface area contributed by atoms with Crippen LogP contribution in [0.1, 0.15) is 36.0 Å². The van der Waals surface area contributed by atoms with Gasteiger partial charge in [-0.05, 0) is 70.1 Å². The number of pyridine rings is 1. The van der Waals surface area contributed by atoms with Crippen LogP contribution in [0.2, 0.25) is 0 Å². The molecule has 2 heterocycles. The quantitative estimate of drug-likeness (QED) is 0.671. The number of hydrogen-bond donors (Lipinski definition) is 2. The largest absolute Gasteiger partial charge is 0.326 e. The molecule has 142 valence electrons. The zero-order chi connectivity index (χ0) is 19.4. The highest BCUT2D eigenvalue weighted by atomic mass is 16.1. The van der Waals surface area contributed by atoms with Crippen LogP contribution in [0.3, 0.4) is 0 Å². The van der Waals surface area contributed by atoms with Crippen LogP contribution in [0.25, 0.3) is 10.9 Å². The SMILES string of the molecule is CC(=O)Nc1ccc2nc(CN(C)CCCc3c(C)n[nH]c3C)ccc2c1.